The first kappa shape index (κ1) is 13.3. The number of aromatic nitrogens is 1. The van der Waals surface area contributed by atoms with Gasteiger partial charge in [0.25, 0.3) is 5.69 Å². The zero-order valence-electron chi connectivity index (χ0n) is 10.5. The van der Waals surface area contributed by atoms with E-state index < -0.39 is 4.92 Å². The van der Waals surface area contributed by atoms with Crippen LogP contribution in [0.15, 0.2) is 29.8 Å². The van der Waals surface area contributed by atoms with E-state index in [9.17, 15) is 10.1 Å². The summed E-state index contributed by atoms with van der Waals surface area (Å²) in [6, 6.07) is 4.49. The average molecular weight is 279 g/mol. The summed E-state index contributed by atoms with van der Waals surface area (Å²) < 4.78 is 5.17. The van der Waals surface area contributed by atoms with Crippen LogP contribution in [-0.2, 0) is 0 Å². The van der Waals surface area contributed by atoms with Crippen molar-refractivity contribution in [1.82, 2.24) is 4.98 Å². The molecule has 6 nitrogen and oxygen atoms in total. The Morgan fingerprint density at radius 2 is 2.32 bits per heavy atom. The number of hydrogen-bond donors (Lipinski definition) is 1. The second-order valence-corrected chi connectivity index (χ2v) is 4.80. The molecule has 1 aromatic heterocycles. The molecule has 0 aliphatic carbocycles. The lowest BCUT2D eigenvalue weighted by molar-refractivity contribution is -0.384. The van der Waals surface area contributed by atoms with Gasteiger partial charge >= 0.3 is 0 Å². The van der Waals surface area contributed by atoms with E-state index in [0.29, 0.717) is 11.4 Å². The first-order valence-corrected chi connectivity index (χ1v) is 6.48. The zero-order chi connectivity index (χ0) is 13.8. The summed E-state index contributed by atoms with van der Waals surface area (Å²) in [7, 11) is 1.48. The number of nitro groups is 1. The maximum atomic E-state index is 10.7. The molecule has 0 amide bonds. The zero-order valence-corrected chi connectivity index (χ0v) is 11.3. The monoisotopic (exact) mass is 279 g/mol. The molecule has 2 aromatic rings. The van der Waals surface area contributed by atoms with Crippen molar-refractivity contribution in [2.45, 2.75) is 13.0 Å². The fraction of sp³-hybridized carbons (Fsp3) is 0.250. The molecule has 0 saturated heterocycles. The number of methoxy groups -OCH3 is 1. The molecule has 0 aliphatic heterocycles. The van der Waals surface area contributed by atoms with Gasteiger partial charge < -0.3 is 10.1 Å². The number of benzene rings is 1. The standard InChI is InChI=1S/C12H13N3O3S/c1-8(12-13-5-6-19-12)14-10-4-3-9(15(16)17)7-11(10)18-2/h3-8,14H,1-2H3. The topological polar surface area (TPSA) is 77.3 Å². The molecule has 0 spiro atoms. The van der Waals surface area contributed by atoms with E-state index in [1.165, 1.54) is 19.2 Å². The Hall–Kier alpha value is -2.15. The number of anilines is 1. The van der Waals surface area contributed by atoms with Gasteiger partial charge in [0.1, 0.15) is 10.8 Å². The highest BCUT2D eigenvalue weighted by atomic mass is 32.1. The smallest absolute Gasteiger partial charge is 0.273 e. The molecule has 1 atom stereocenters. The first-order valence-electron chi connectivity index (χ1n) is 5.60. The third-order valence-electron chi connectivity index (χ3n) is 2.59. The van der Waals surface area contributed by atoms with E-state index in [2.05, 4.69) is 10.3 Å². The lowest BCUT2D eigenvalue weighted by Crippen LogP contribution is -2.07. The first-order chi connectivity index (χ1) is 9.11. The second-order valence-electron chi connectivity index (χ2n) is 3.88. The van der Waals surface area contributed by atoms with Crippen molar-refractivity contribution in [2.75, 3.05) is 12.4 Å². The van der Waals surface area contributed by atoms with Crippen molar-refractivity contribution in [3.05, 3.63) is 44.9 Å². The number of nitro benzene ring substituents is 1. The van der Waals surface area contributed by atoms with E-state index in [-0.39, 0.29) is 11.7 Å². The quantitative estimate of drug-likeness (QED) is 0.671. The minimum atomic E-state index is -0.448. The highest BCUT2D eigenvalue weighted by Crippen LogP contribution is 2.32. The lowest BCUT2D eigenvalue weighted by atomic mass is 10.2. The Morgan fingerprint density at radius 1 is 1.53 bits per heavy atom. The average Bonchev–Trinajstić information content (AvgIpc) is 2.92. The van der Waals surface area contributed by atoms with Crippen molar-refractivity contribution >= 4 is 22.7 Å². The van der Waals surface area contributed by atoms with Crippen molar-refractivity contribution in [3.8, 4) is 5.75 Å². The molecule has 100 valence electrons. The van der Waals surface area contributed by atoms with Crippen LogP contribution in [0.2, 0.25) is 0 Å². The number of hydrogen-bond acceptors (Lipinski definition) is 6. The fourth-order valence-electron chi connectivity index (χ4n) is 1.66. The van der Waals surface area contributed by atoms with Gasteiger partial charge in [0.2, 0.25) is 0 Å². The molecular weight excluding hydrogens is 266 g/mol. The molecule has 2 rings (SSSR count). The van der Waals surface area contributed by atoms with Crippen molar-refractivity contribution in [1.29, 1.82) is 0 Å². The number of ether oxygens (including phenoxy) is 1. The van der Waals surface area contributed by atoms with Crippen LogP contribution in [0.1, 0.15) is 18.0 Å². The molecule has 19 heavy (non-hydrogen) atoms. The van der Waals surface area contributed by atoms with Gasteiger partial charge in [0.05, 0.1) is 29.8 Å². The minimum absolute atomic E-state index is 0.00398. The van der Waals surface area contributed by atoms with Crippen LogP contribution in [0.3, 0.4) is 0 Å². The normalized spacial score (nSPS) is 11.9. The Morgan fingerprint density at radius 3 is 2.89 bits per heavy atom. The predicted molar refractivity (Wildman–Crippen MR) is 73.8 cm³/mol. The van der Waals surface area contributed by atoms with Crippen molar-refractivity contribution in [2.24, 2.45) is 0 Å². The summed E-state index contributed by atoms with van der Waals surface area (Å²) in [5.74, 6) is 0.442. The Kier molecular flexibility index (Phi) is 3.96. The number of thiazole rings is 1. The third-order valence-corrected chi connectivity index (χ3v) is 3.55. The van der Waals surface area contributed by atoms with Crippen LogP contribution in [0.25, 0.3) is 0 Å². The molecule has 1 heterocycles. The highest BCUT2D eigenvalue weighted by molar-refractivity contribution is 7.09. The second kappa shape index (κ2) is 5.66. The number of nitrogens with zero attached hydrogens (tertiary/aromatic N) is 2. The predicted octanol–water partition coefficient (Wildman–Crippen LogP) is 3.23. The number of rotatable bonds is 5. The number of non-ortho nitro benzene ring substituents is 1. The Labute approximate surface area is 114 Å². The van der Waals surface area contributed by atoms with Crippen LogP contribution < -0.4 is 10.1 Å². The number of nitrogens with one attached hydrogen (secondary N) is 1. The van der Waals surface area contributed by atoms with E-state index >= 15 is 0 Å². The summed E-state index contributed by atoms with van der Waals surface area (Å²) in [6.07, 6.45) is 1.74. The molecular formula is C12H13N3O3S. The maximum absolute atomic E-state index is 10.7. The third kappa shape index (κ3) is 3.00. The van der Waals surface area contributed by atoms with Gasteiger partial charge in [-0.25, -0.2) is 4.98 Å². The van der Waals surface area contributed by atoms with Gasteiger partial charge in [0.15, 0.2) is 0 Å². The Bertz CT molecular complexity index is 572. The summed E-state index contributed by atoms with van der Waals surface area (Å²) in [4.78, 5) is 14.5. The molecule has 1 aromatic carbocycles. The van der Waals surface area contributed by atoms with Crippen LogP contribution in [0, 0.1) is 10.1 Å². The summed E-state index contributed by atoms with van der Waals surface area (Å²) in [5.41, 5.74) is 0.708. The van der Waals surface area contributed by atoms with Gasteiger partial charge in [-0.05, 0) is 13.0 Å². The summed E-state index contributed by atoms with van der Waals surface area (Å²) in [6.45, 7) is 1.97. The SMILES string of the molecule is COc1cc([N+](=O)[O-])ccc1NC(C)c1nccs1. The van der Waals surface area contributed by atoms with Crippen LogP contribution >= 0.6 is 11.3 Å². The summed E-state index contributed by atoms with van der Waals surface area (Å²) >= 11 is 1.55. The van der Waals surface area contributed by atoms with Gasteiger partial charge in [-0.15, -0.1) is 11.3 Å². The van der Waals surface area contributed by atoms with Gasteiger partial charge in [0, 0.05) is 17.6 Å². The van der Waals surface area contributed by atoms with E-state index in [1.807, 2.05) is 12.3 Å². The van der Waals surface area contributed by atoms with Gasteiger partial charge in [-0.3, -0.25) is 10.1 Å². The maximum Gasteiger partial charge on any atom is 0.273 e. The van der Waals surface area contributed by atoms with Crippen molar-refractivity contribution in [3.63, 3.8) is 0 Å². The lowest BCUT2D eigenvalue weighted by Gasteiger charge is -2.15. The van der Waals surface area contributed by atoms with Crippen LogP contribution in [0.4, 0.5) is 11.4 Å². The Balaban J connectivity index is 2.22. The highest BCUT2D eigenvalue weighted by Gasteiger charge is 2.14. The van der Waals surface area contributed by atoms with Crippen LogP contribution in [0.5, 0.6) is 5.75 Å². The molecule has 0 saturated carbocycles. The molecule has 7 heteroatoms. The van der Waals surface area contributed by atoms with Crippen LogP contribution in [-0.4, -0.2) is 17.0 Å². The molecule has 0 aliphatic rings. The molecule has 0 fully saturated rings. The minimum Gasteiger partial charge on any atom is -0.494 e. The summed E-state index contributed by atoms with van der Waals surface area (Å²) in [5, 5.41) is 16.8. The van der Waals surface area contributed by atoms with Gasteiger partial charge in [-0.2, -0.15) is 0 Å². The van der Waals surface area contributed by atoms with E-state index in [0.717, 1.165) is 5.01 Å². The molecule has 1 N–H and O–H groups in total. The van der Waals surface area contributed by atoms with E-state index in [4.69, 9.17) is 4.74 Å². The largest absolute Gasteiger partial charge is 0.494 e. The molecule has 0 radical (unpaired) electrons. The van der Waals surface area contributed by atoms with E-state index in [1.54, 1.807) is 23.6 Å². The molecule has 0 bridgehead atoms. The molecule has 1 unspecified atom stereocenters. The fourth-order valence-corrected chi connectivity index (χ4v) is 2.30. The van der Waals surface area contributed by atoms with Gasteiger partial charge in [-0.1, -0.05) is 0 Å². The van der Waals surface area contributed by atoms with Crippen molar-refractivity contribution < 1.29 is 9.66 Å².